The Morgan fingerprint density at radius 1 is 0.375 bits per heavy atom. The van der Waals surface area contributed by atoms with Crippen LogP contribution in [0.15, 0.2) is 97.1 Å². The molecule has 194 valence electrons. The van der Waals surface area contributed by atoms with Crippen molar-refractivity contribution in [1.82, 2.24) is 0 Å². The van der Waals surface area contributed by atoms with Gasteiger partial charge in [-0.1, -0.05) is 126 Å². The van der Waals surface area contributed by atoms with Crippen molar-refractivity contribution in [3.05, 3.63) is 108 Å². The van der Waals surface area contributed by atoms with Crippen LogP contribution in [-0.4, -0.2) is 0 Å². The van der Waals surface area contributed by atoms with E-state index in [4.69, 9.17) is 0 Å². The van der Waals surface area contributed by atoms with E-state index in [1.54, 1.807) is 0 Å². The first-order valence-electron chi connectivity index (χ1n) is 14.5. The summed E-state index contributed by atoms with van der Waals surface area (Å²) in [6.45, 7) is 14.0. The molecule has 0 bridgehead atoms. The topological polar surface area (TPSA) is 0 Å². The van der Waals surface area contributed by atoms with Gasteiger partial charge in [-0.05, 0) is 110 Å². The smallest absolute Gasteiger partial charge is 0.000686 e. The van der Waals surface area contributed by atoms with Crippen LogP contribution in [-0.2, 0) is 10.8 Å². The lowest BCUT2D eigenvalue weighted by molar-refractivity contribution is 0.590. The van der Waals surface area contributed by atoms with Gasteiger partial charge in [-0.2, -0.15) is 0 Å². The first kappa shape index (κ1) is 23.7. The summed E-state index contributed by atoms with van der Waals surface area (Å²) in [7, 11) is 0. The van der Waals surface area contributed by atoms with E-state index in [-0.39, 0.29) is 10.8 Å². The second kappa shape index (κ2) is 7.73. The Morgan fingerprint density at radius 2 is 0.875 bits per heavy atom. The van der Waals surface area contributed by atoms with Gasteiger partial charge in [-0.15, -0.1) is 0 Å². The molecule has 0 aliphatic carbocycles. The fourth-order valence-electron chi connectivity index (χ4n) is 7.19. The number of rotatable bonds is 1. The third-order valence-electron chi connectivity index (χ3n) is 9.20. The third-order valence-corrected chi connectivity index (χ3v) is 9.20. The average molecular weight is 515 g/mol. The predicted octanol–water partition coefficient (Wildman–Crippen LogP) is 11.7. The maximum atomic E-state index is 2.51. The zero-order valence-corrected chi connectivity index (χ0v) is 24.2. The van der Waals surface area contributed by atoms with E-state index in [0.717, 1.165) is 0 Å². The van der Waals surface area contributed by atoms with Crippen LogP contribution in [0.2, 0.25) is 0 Å². The molecule has 0 aliphatic rings. The van der Waals surface area contributed by atoms with E-state index in [1.165, 1.54) is 86.9 Å². The molecule has 0 heterocycles. The molecule has 0 radical (unpaired) electrons. The Labute approximate surface area is 235 Å². The Kier molecular flexibility index (Phi) is 4.58. The van der Waals surface area contributed by atoms with Gasteiger partial charge in [0.05, 0.1) is 0 Å². The fraction of sp³-hybridized carbons (Fsp3) is 0.200. The van der Waals surface area contributed by atoms with E-state index >= 15 is 0 Å². The maximum absolute atomic E-state index is 2.51. The van der Waals surface area contributed by atoms with Crippen molar-refractivity contribution >= 4 is 64.6 Å². The van der Waals surface area contributed by atoms with Crippen LogP contribution in [0, 0.1) is 0 Å². The zero-order valence-electron chi connectivity index (χ0n) is 24.2. The van der Waals surface area contributed by atoms with E-state index in [1.807, 2.05) is 0 Å². The molecule has 0 spiro atoms. The van der Waals surface area contributed by atoms with Gasteiger partial charge in [0.1, 0.15) is 0 Å². The SMILES string of the molecule is CC(C)(C)c1cc2cc(C(C)(C)C)cc3c2c(c1)c1c(-c2ccccc2)c2cccc4c5ccccc5c(c24)c31. The van der Waals surface area contributed by atoms with Gasteiger partial charge in [-0.3, -0.25) is 0 Å². The van der Waals surface area contributed by atoms with Crippen LogP contribution >= 0.6 is 0 Å². The molecular formula is C40H34. The highest BCUT2D eigenvalue weighted by Crippen LogP contribution is 2.54. The first-order valence-corrected chi connectivity index (χ1v) is 14.5. The van der Waals surface area contributed by atoms with E-state index < -0.39 is 0 Å². The number of hydrogen-bond acceptors (Lipinski definition) is 0. The van der Waals surface area contributed by atoms with E-state index in [0.29, 0.717) is 0 Å². The Balaban J connectivity index is 1.78. The van der Waals surface area contributed by atoms with Gasteiger partial charge < -0.3 is 0 Å². The van der Waals surface area contributed by atoms with Crippen LogP contribution < -0.4 is 0 Å². The molecule has 8 aromatic rings. The van der Waals surface area contributed by atoms with Crippen molar-refractivity contribution in [2.24, 2.45) is 0 Å². The summed E-state index contributed by atoms with van der Waals surface area (Å²) in [5, 5.41) is 16.6. The normalized spacial score (nSPS) is 13.2. The number of benzene rings is 6. The molecule has 0 fully saturated rings. The lowest BCUT2D eigenvalue weighted by atomic mass is 9.82. The summed E-state index contributed by atoms with van der Waals surface area (Å²) in [5.74, 6) is 0. The van der Waals surface area contributed by atoms with E-state index in [9.17, 15) is 0 Å². The molecular weight excluding hydrogens is 480 g/mol. The molecule has 0 saturated heterocycles. The second-order valence-electron chi connectivity index (χ2n) is 13.8. The quantitative estimate of drug-likeness (QED) is 0.204. The summed E-state index contributed by atoms with van der Waals surface area (Å²) in [4.78, 5) is 0. The average Bonchev–Trinajstić information content (AvgIpc) is 3.43. The van der Waals surface area contributed by atoms with Gasteiger partial charge in [0.15, 0.2) is 0 Å². The largest absolute Gasteiger partial charge is 0.0622 e. The molecule has 0 aliphatic heterocycles. The molecule has 0 atom stereocenters. The highest BCUT2D eigenvalue weighted by Gasteiger charge is 2.27. The van der Waals surface area contributed by atoms with Crippen molar-refractivity contribution in [3.63, 3.8) is 0 Å². The summed E-state index contributed by atoms with van der Waals surface area (Å²) in [5.41, 5.74) is 5.54. The summed E-state index contributed by atoms with van der Waals surface area (Å²) in [6, 6.07) is 37.0. The molecule has 8 rings (SSSR count). The lowest BCUT2D eigenvalue weighted by Gasteiger charge is -2.22. The van der Waals surface area contributed by atoms with Gasteiger partial charge in [0.25, 0.3) is 0 Å². The molecule has 0 unspecified atom stereocenters. The van der Waals surface area contributed by atoms with Gasteiger partial charge in [0.2, 0.25) is 0 Å². The van der Waals surface area contributed by atoms with Gasteiger partial charge in [0, 0.05) is 0 Å². The van der Waals surface area contributed by atoms with Crippen LogP contribution in [0.3, 0.4) is 0 Å². The Hall–Kier alpha value is -4.16. The lowest BCUT2D eigenvalue weighted by Crippen LogP contribution is -2.12. The molecule has 0 aromatic heterocycles. The molecule has 0 saturated carbocycles. The standard InChI is InChI=1S/C40H34/c1-39(2,3)25-19-24-20-26(40(4,5)6)22-32-33(24)31(21-25)37-34(23-13-8-7-9-14-23)30-18-12-17-28-27-15-10-11-16-29(27)36(35(28)30)38(32)37/h7-22H,1-6H3. The Bertz CT molecular complexity index is 2240. The van der Waals surface area contributed by atoms with Crippen molar-refractivity contribution in [2.45, 2.75) is 52.4 Å². The van der Waals surface area contributed by atoms with Crippen molar-refractivity contribution < 1.29 is 0 Å². The van der Waals surface area contributed by atoms with Gasteiger partial charge >= 0.3 is 0 Å². The highest BCUT2D eigenvalue weighted by atomic mass is 14.3. The van der Waals surface area contributed by atoms with Crippen molar-refractivity contribution in [2.75, 3.05) is 0 Å². The monoisotopic (exact) mass is 514 g/mol. The van der Waals surface area contributed by atoms with Crippen LogP contribution in [0.25, 0.3) is 75.8 Å². The highest BCUT2D eigenvalue weighted by molar-refractivity contribution is 6.48. The molecule has 0 nitrogen and oxygen atoms in total. The summed E-state index contributed by atoms with van der Waals surface area (Å²) >= 11 is 0. The zero-order chi connectivity index (χ0) is 27.6. The van der Waals surface area contributed by atoms with Gasteiger partial charge in [-0.25, -0.2) is 0 Å². The van der Waals surface area contributed by atoms with Crippen LogP contribution in [0.1, 0.15) is 52.7 Å². The number of hydrogen-bond donors (Lipinski definition) is 0. The third kappa shape index (κ3) is 3.08. The minimum atomic E-state index is 0.0473. The van der Waals surface area contributed by atoms with Crippen LogP contribution in [0.4, 0.5) is 0 Å². The molecule has 0 amide bonds. The summed E-state index contributed by atoms with van der Waals surface area (Å²) < 4.78 is 0. The molecule has 0 heteroatoms. The minimum absolute atomic E-state index is 0.0473. The number of fused-ring (bicyclic) bond motifs is 7. The second-order valence-corrected chi connectivity index (χ2v) is 13.8. The van der Waals surface area contributed by atoms with Crippen molar-refractivity contribution in [1.29, 1.82) is 0 Å². The molecule has 0 N–H and O–H groups in total. The predicted molar refractivity (Wildman–Crippen MR) is 177 cm³/mol. The van der Waals surface area contributed by atoms with Crippen molar-refractivity contribution in [3.8, 4) is 11.1 Å². The van der Waals surface area contributed by atoms with Crippen LogP contribution in [0.5, 0.6) is 0 Å². The minimum Gasteiger partial charge on any atom is -0.0622 e. The fourth-order valence-corrected chi connectivity index (χ4v) is 7.19. The summed E-state index contributed by atoms with van der Waals surface area (Å²) in [6.07, 6.45) is 0. The maximum Gasteiger partial charge on any atom is -0.000686 e. The van der Waals surface area contributed by atoms with E-state index in [2.05, 4.69) is 139 Å². The molecule has 8 aromatic carbocycles. The molecule has 40 heavy (non-hydrogen) atoms. The Morgan fingerprint density at radius 3 is 1.52 bits per heavy atom. The first-order chi connectivity index (χ1) is 19.1.